The Morgan fingerprint density at radius 2 is 0.910 bits per heavy atom. The highest BCUT2D eigenvalue weighted by atomic mass is 35.5. The molecular weight excluding hydrogens is 992 g/mol. The van der Waals surface area contributed by atoms with Gasteiger partial charge < -0.3 is 24.6 Å². The fourth-order valence-electron chi connectivity index (χ4n) is 12.0. The van der Waals surface area contributed by atoms with Crippen LogP contribution in [0.25, 0.3) is 54.9 Å². The standard InChI is InChI=1S/C70H72ClF2NO4/c1-44-33-49(72)39-57(56-36-48(70(10,11)43-68(5,6)7)38-61(64(56)76)74(51-25-14-12-15-26-51)52-27-16-13-17-28-52)65(44)77-31-22-32-78-66-58(40-50(73)41-60(66)71)55-35-47(69(8,9)42-67(2,3)4)37-59(63(55)75)62-53-29-20-18-23-45(53)34-46-24-19-21-30-54(46)62/h12-21,23-30,33-41,75-76H,22,31-32,42-43H2,1-11H3. The number of phenolic OH excluding ortho intramolecular Hbond substituents is 2. The topological polar surface area (TPSA) is 62.2 Å². The Morgan fingerprint density at radius 1 is 0.474 bits per heavy atom. The number of ether oxygens (including phenoxy) is 2. The Labute approximate surface area is 465 Å². The van der Waals surface area contributed by atoms with Gasteiger partial charge in [-0.1, -0.05) is 166 Å². The second-order valence-electron chi connectivity index (χ2n) is 24.7. The van der Waals surface area contributed by atoms with Crippen molar-refractivity contribution in [2.45, 2.75) is 106 Å². The molecule has 0 unspecified atom stereocenters. The van der Waals surface area contributed by atoms with Crippen molar-refractivity contribution in [2.75, 3.05) is 18.1 Å². The van der Waals surface area contributed by atoms with Crippen LogP contribution in [0.3, 0.4) is 0 Å². The minimum absolute atomic E-state index is 0.0195. The number of hydrogen-bond donors (Lipinski definition) is 2. The first-order valence-electron chi connectivity index (χ1n) is 27.0. The molecule has 78 heavy (non-hydrogen) atoms. The summed E-state index contributed by atoms with van der Waals surface area (Å²) in [6, 6.07) is 51.9. The summed E-state index contributed by atoms with van der Waals surface area (Å²) in [5.41, 5.74) is 6.95. The molecule has 8 heteroatoms. The first kappa shape index (κ1) is 55.4. The van der Waals surface area contributed by atoms with Crippen LogP contribution in [0.5, 0.6) is 23.0 Å². The van der Waals surface area contributed by atoms with Crippen LogP contribution in [0.1, 0.15) is 105 Å². The monoisotopic (exact) mass is 1060 g/mol. The molecule has 9 aromatic rings. The molecule has 0 aliphatic heterocycles. The van der Waals surface area contributed by atoms with Gasteiger partial charge in [0.2, 0.25) is 0 Å². The molecule has 0 aromatic heterocycles. The number of fused-ring (bicyclic) bond motifs is 2. The number of aryl methyl sites for hydroxylation is 1. The molecule has 0 radical (unpaired) electrons. The van der Waals surface area contributed by atoms with Gasteiger partial charge in [-0.3, -0.25) is 0 Å². The molecule has 9 aromatic carbocycles. The van der Waals surface area contributed by atoms with Crippen LogP contribution in [-0.2, 0) is 10.8 Å². The van der Waals surface area contributed by atoms with E-state index in [1.807, 2.05) is 102 Å². The third-order valence-electron chi connectivity index (χ3n) is 14.6. The van der Waals surface area contributed by atoms with E-state index in [0.29, 0.717) is 51.2 Å². The normalized spacial score (nSPS) is 12.3. The molecule has 402 valence electrons. The molecule has 9 rings (SSSR count). The Hall–Kier alpha value is -7.35. The molecule has 0 atom stereocenters. The molecule has 0 amide bonds. The second-order valence-corrected chi connectivity index (χ2v) is 25.1. The lowest BCUT2D eigenvalue weighted by atomic mass is 9.71. The van der Waals surface area contributed by atoms with E-state index in [4.69, 9.17) is 21.1 Å². The van der Waals surface area contributed by atoms with Crippen molar-refractivity contribution < 1.29 is 28.5 Å². The van der Waals surface area contributed by atoms with Gasteiger partial charge >= 0.3 is 0 Å². The van der Waals surface area contributed by atoms with Crippen molar-refractivity contribution in [3.05, 3.63) is 197 Å². The van der Waals surface area contributed by atoms with E-state index >= 15 is 8.78 Å². The number of anilines is 3. The van der Waals surface area contributed by atoms with Gasteiger partial charge in [-0.15, -0.1) is 0 Å². The summed E-state index contributed by atoms with van der Waals surface area (Å²) in [5, 5.41) is 29.5. The quantitative estimate of drug-likeness (QED) is 0.0746. The zero-order chi connectivity index (χ0) is 55.9. The molecule has 0 aliphatic carbocycles. The SMILES string of the molecule is Cc1cc(F)cc(-c2cc(C(C)(C)CC(C)(C)C)cc(N(c3ccccc3)c3ccccc3)c2O)c1OCCCOc1c(Cl)cc(F)cc1-c1cc(C(C)(C)CC(C)(C)C)cc(-c2c3ccccc3cc3ccccc23)c1O. The van der Waals surface area contributed by atoms with Gasteiger partial charge in [0.15, 0.2) is 0 Å². The van der Waals surface area contributed by atoms with Crippen molar-refractivity contribution in [1.82, 2.24) is 0 Å². The molecule has 5 nitrogen and oxygen atoms in total. The first-order chi connectivity index (χ1) is 36.9. The van der Waals surface area contributed by atoms with E-state index in [0.717, 1.165) is 62.5 Å². The summed E-state index contributed by atoms with van der Waals surface area (Å²) in [7, 11) is 0. The summed E-state index contributed by atoms with van der Waals surface area (Å²) in [4.78, 5) is 2.03. The average Bonchev–Trinajstić information content (AvgIpc) is 3.55. The summed E-state index contributed by atoms with van der Waals surface area (Å²) in [6.07, 6.45) is 1.99. The Kier molecular flexibility index (Phi) is 15.5. The number of benzene rings is 9. The lowest BCUT2D eigenvalue weighted by Crippen LogP contribution is -2.25. The van der Waals surface area contributed by atoms with E-state index in [-0.39, 0.29) is 57.1 Å². The smallest absolute Gasteiger partial charge is 0.147 e. The van der Waals surface area contributed by atoms with Crippen molar-refractivity contribution >= 4 is 50.2 Å². The van der Waals surface area contributed by atoms with E-state index in [9.17, 15) is 10.2 Å². The summed E-state index contributed by atoms with van der Waals surface area (Å²) in [6.45, 7) is 24.2. The maximum atomic E-state index is 15.9. The molecule has 0 fully saturated rings. The maximum Gasteiger partial charge on any atom is 0.147 e. The average molecular weight is 1060 g/mol. The van der Waals surface area contributed by atoms with Crippen LogP contribution >= 0.6 is 11.6 Å². The highest BCUT2D eigenvalue weighted by Gasteiger charge is 2.33. The highest BCUT2D eigenvalue weighted by Crippen LogP contribution is 2.53. The van der Waals surface area contributed by atoms with Crippen molar-refractivity contribution in [2.24, 2.45) is 10.8 Å². The van der Waals surface area contributed by atoms with Crippen molar-refractivity contribution in [3.8, 4) is 56.4 Å². The predicted molar refractivity (Wildman–Crippen MR) is 322 cm³/mol. The lowest BCUT2D eigenvalue weighted by Gasteiger charge is -2.35. The van der Waals surface area contributed by atoms with E-state index in [1.165, 1.54) is 24.3 Å². The van der Waals surface area contributed by atoms with Crippen LogP contribution in [0.2, 0.25) is 5.02 Å². The number of aromatic hydroxyl groups is 2. The first-order valence-corrected chi connectivity index (χ1v) is 27.4. The third-order valence-corrected chi connectivity index (χ3v) is 14.9. The predicted octanol–water partition coefficient (Wildman–Crippen LogP) is 20.4. The molecule has 2 N–H and O–H groups in total. The Morgan fingerprint density at radius 3 is 1.44 bits per heavy atom. The number of halogens is 3. The maximum absolute atomic E-state index is 15.9. The minimum Gasteiger partial charge on any atom is -0.507 e. The number of para-hydroxylation sites is 2. The van der Waals surface area contributed by atoms with E-state index in [2.05, 4.69) is 112 Å². The van der Waals surface area contributed by atoms with Gasteiger partial charge in [0.25, 0.3) is 0 Å². The van der Waals surface area contributed by atoms with Crippen LogP contribution < -0.4 is 14.4 Å². The lowest BCUT2D eigenvalue weighted by molar-refractivity contribution is 0.247. The fourth-order valence-corrected chi connectivity index (χ4v) is 12.2. The highest BCUT2D eigenvalue weighted by molar-refractivity contribution is 6.32. The molecule has 0 aliphatic rings. The number of hydrogen-bond acceptors (Lipinski definition) is 5. The van der Waals surface area contributed by atoms with Gasteiger partial charge in [-0.05, 0) is 159 Å². The Bertz CT molecular complexity index is 3560. The summed E-state index contributed by atoms with van der Waals surface area (Å²) >= 11 is 6.97. The molecule has 0 bridgehead atoms. The van der Waals surface area contributed by atoms with E-state index in [1.54, 1.807) is 6.92 Å². The van der Waals surface area contributed by atoms with Gasteiger partial charge in [0.1, 0.15) is 34.6 Å². The molecular formula is C70H72ClF2NO4. The third kappa shape index (κ3) is 11.9. The minimum atomic E-state index is -0.575. The van der Waals surface area contributed by atoms with Crippen LogP contribution in [-0.4, -0.2) is 23.4 Å². The van der Waals surface area contributed by atoms with Crippen molar-refractivity contribution in [3.63, 3.8) is 0 Å². The van der Waals surface area contributed by atoms with E-state index < -0.39 is 11.6 Å². The van der Waals surface area contributed by atoms with Crippen LogP contribution in [0.4, 0.5) is 25.8 Å². The molecule has 0 saturated carbocycles. The van der Waals surface area contributed by atoms with Crippen molar-refractivity contribution in [1.29, 1.82) is 0 Å². The van der Waals surface area contributed by atoms with Gasteiger partial charge in [-0.2, -0.15) is 0 Å². The number of phenols is 2. The molecule has 0 saturated heterocycles. The van der Waals surface area contributed by atoms with Gasteiger partial charge in [0, 0.05) is 51.2 Å². The molecule has 0 heterocycles. The number of rotatable bonds is 16. The second kappa shape index (κ2) is 21.8. The van der Waals surface area contributed by atoms with Gasteiger partial charge in [0.05, 0.1) is 23.9 Å². The zero-order valence-electron chi connectivity index (χ0n) is 46.9. The van der Waals surface area contributed by atoms with Crippen LogP contribution in [0, 0.1) is 29.4 Å². The van der Waals surface area contributed by atoms with Gasteiger partial charge in [-0.25, -0.2) is 8.78 Å². The number of nitrogens with zero attached hydrogens (tertiary/aromatic N) is 1. The van der Waals surface area contributed by atoms with Crippen LogP contribution in [0.15, 0.2) is 164 Å². The Balaban J connectivity index is 1.09. The summed E-state index contributed by atoms with van der Waals surface area (Å²) in [5.74, 6) is -0.447. The summed E-state index contributed by atoms with van der Waals surface area (Å²) < 4.78 is 44.9. The fraction of sp³-hybridized carbons (Fsp3) is 0.286. The zero-order valence-corrected chi connectivity index (χ0v) is 47.7. The molecule has 0 spiro atoms. The largest absolute Gasteiger partial charge is 0.507 e.